The van der Waals surface area contributed by atoms with Crippen LogP contribution in [-0.2, 0) is 31.6 Å². The van der Waals surface area contributed by atoms with Crippen LogP contribution in [-0.4, -0.2) is 29.9 Å². The van der Waals surface area contributed by atoms with Crippen LogP contribution in [0.25, 0.3) is 0 Å². The highest BCUT2D eigenvalue weighted by Gasteiger charge is 2.27. The molecule has 1 unspecified atom stereocenters. The SMILES string of the molecule is CC(OC(=O)CCc1cc(C(C)(C)C)c(O)c(C(C)(C)C)c1)C(=O)Nc1ccc2c(c1)OCO2. The van der Waals surface area contributed by atoms with Gasteiger partial charge in [-0.2, -0.15) is 0 Å². The maximum absolute atomic E-state index is 12.5. The molecule has 0 radical (unpaired) electrons. The molecule has 1 atom stereocenters. The monoisotopic (exact) mass is 469 g/mol. The van der Waals surface area contributed by atoms with Gasteiger partial charge in [-0.3, -0.25) is 9.59 Å². The van der Waals surface area contributed by atoms with Crippen molar-refractivity contribution >= 4 is 17.6 Å². The standard InChI is InChI=1S/C27H35NO6/c1-16(25(31)28-18-9-10-21-22(14-18)33-15-32-21)34-23(29)11-8-17-12-19(26(2,3)4)24(30)20(13-17)27(5,6)7/h9-10,12-14,16,30H,8,11,15H2,1-7H3,(H,28,31). The van der Waals surface area contributed by atoms with Gasteiger partial charge in [-0.15, -0.1) is 0 Å². The average molecular weight is 470 g/mol. The quantitative estimate of drug-likeness (QED) is 0.564. The molecule has 1 aliphatic rings. The van der Waals surface area contributed by atoms with Gasteiger partial charge in [0.25, 0.3) is 5.91 Å². The molecule has 0 saturated heterocycles. The number of carbonyl (C=O) groups excluding carboxylic acids is 2. The zero-order valence-corrected chi connectivity index (χ0v) is 21.1. The molecule has 0 fully saturated rings. The number of fused-ring (bicyclic) bond motifs is 1. The molecule has 0 spiro atoms. The first-order valence-corrected chi connectivity index (χ1v) is 11.5. The minimum absolute atomic E-state index is 0.125. The predicted octanol–water partition coefficient (Wildman–Crippen LogP) is 5.22. The lowest BCUT2D eigenvalue weighted by molar-refractivity contribution is -0.153. The fourth-order valence-corrected chi connectivity index (χ4v) is 3.76. The number of phenolic OH excluding ortho intramolecular Hbond substituents is 1. The lowest BCUT2D eigenvalue weighted by Crippen LogP contribution is -2.30. The van der Waals surface area contributed by atoms with Crippen molar-refractivity contribution in [3.05, 3.63) is 47.0 Å². The van der Waals surface area contributed by atoms with Crippen LogP contribution in [0, 0.1) is 0 Å². The van der Waals surface area contributed by atoms with Gasteiger partial charge in [0.2, 0.25) is 6.79 Å². The highest BCUT2D eigenvalue weighted by atomic mass is 16.7. The fraction of sp³-hybridized carbons (Fsp3) is 0.481. The number of esters is 1. The maximum Gasteiger partial charge on any atom is 0.306 e. The van der Waals surface area contributed by atoms with Crippen LogP contribution in [0.4, 0.5) is 5.69 Å². The van der Waals surface area contributed by atoms with Crippen molar-refractivity contribution in [2.24, 2.45) is 0 Å². The second-order valence-electron chi connectivity index (χ2n) is 10.7. The Morgan fingerprint density at radius 1 is 1.00 bits per heavy atom. The largest absolute Gasteiger partial charge is 0.507 e. The van der Waals surface area contributed by atoms with Gasteiger partial charge in [-0.25, -0.2) is 0 Å². The fourth-order valence-electron chi connectivity index (χ4n) is 3.76. The first-order valence-electron chi connectivity index (χ1n) is 11.5. The van der Waals surface area contributed by atoms with Crippen LogP contribution in [0.5, 0.6) is 17.2 Å². The predicted molar refractivity (Wildman–Crippen MR) is 131 cm³/mol. The van der Waals surface area contributed by atoms with Gasteiger partial charge in [-0.05, 0) is 53.0 Å². The van der Waals surface area contributed by atoms with Gasteiger partial charge in [0.1, 0.15) is 5.75 Å². The van der Waals surface area contributed by atoms with Crippen LogP contribution >= 0.6 is 0 Å². The number of anilines is 1. The summed E-state index contributed by atoms with van der Waals surface area (Å²) in [5.41, 5.74) is 2.68. The molecule has 0 bridgehead atoms. The van der Waals surface area contributed by atoms with Crippen molar-refractivity contribution in [1.82, 2.24) is 0 Å². The smallest absolute Gasteiger partial charge is 0.306 e. The number of aromatic hydroxyl groups is 1. The number of aryl methyl sites for hydroxylation is 1. The number of phenols is 1. The summed E-state index contributed by atoms with van der Waals surface area (Å²) in [4.78, 5) is 25.0. The number of ether oxygens (including phenoxy) is 3. The van der Waals surface area contributed by atoms with E-state index in [1.165, 1.54) is 6.92 Å². The zero-order chi connectivity index (χ0) is 25.3. The molecular weight excluding hydrogens is 434 g/mol. The number of hydrogen-bond acceptors (Lipinski definition) is 6. The maximum atomic E-state index is 12.5. The van der Waals surface area contributed by atoms with E-state index in [1.54, 1.807) is 18.2 Å². The van der Waals surface area contributed by atoms with Crippen molar-refractivity contribution in [2.75, 3.05) is 12.1 Å². The molecule has 1 amide bonds. The van der Waals surface area contributed by atoms with Gasteiger partial charge in [0.15, 0.2) is 17.6 Å². The first kappa shape index (κ1) is 25.4. The van der Waals surface area contributed by atoms with Crippen LogP contribution in [0.2, 0.25) is 0 Å². The van der Waals surface area contributed by atoms with Gasteiger partial charge in [0, 0.05) is 18.2 Å². The summed E-state index contributed by atoms with van der Waals surface area (Å²) in [6.45, 7) is 14.0. The highest BCUT2D eigenvalue weighted by molar-refractivity contribution is 5.95. The van der Waals surface area contributed by atoms with E-state index in [2.05, 4.69) is 5.32 Å². The zero-order valence-electron chi connectivity index (χ0n) is 21.1. The summed E-state index contributed by atoms with van der Waals surface area (Å²) in [5, 5.41) is 13.6. The van der Waals surface area contributed by atoms with Crippen LogP contribution in [0.1, 0.15) is 71.6 Å². The van der Waals surface area contributed by atoms with Crippen molar-refractivity contribution in [2.45, 2.75) is 78.2 Å². The Hall–Kier alpha value is -3.22. The number of benzene rings is 2. The number of carbonyl (C=O) groups is 2. The Kier molecular flexibility index (Phi) is 7.15. The molecule has 184 valence electrons. The van der Waals surface area contributed by atoms with E-state index in [1.807, 2.05) is 53.7 Å². The van der Waals surface area contributed by atoms with Crippen molar-refractivity contribution in [3.8, 4) is 17.2 Å². The van der Waals surface area contributed by atoms with Gasteiger partial charge in [0.05, 0.1) is 0 Å². The van der Waals surface area contributed by atoms with Crippen LogP contribution in [0.3, 0.4) is 0 Å². The molecule has 7 heteroatoms. The third-order valence-corrected chi connectivity index (χ3v) is 5.72. The number of hydrogen-bond donors (Lipinski definition) is 2. The summed E-state index contributed by atoms with van der Waals surface area (Å²) in [6.07, 6.45) is -0.380. The van der Waals surface area contributed by atoms with Crippen molar-refractivity contribution < 1.29 is 28.9 Å². The number of amides is 1. The summed E-state index contributed by atoms with van der Waals surface area (Å²) in [6, 6.07) is 8.98. The van der Waals surface area contributed by atoms with Crippen LogP contribution in [0.15, 0.2) is 30.3 Å². The molecule has 1 aliphatic heterocycles. The highest BCUT2D eigenvalue weighted by Crippen LogP contribution is 2.40. The van der Waals surface area contributed by atoms with Crippen LogP contribution < -0.4 is 14.8 Å². The average Bonchev–Trinajstić information content (AvgIpc) is 3.19. The second kappa shape index (κ2) is 9.57. The number of nitrogens with one attached hydrogen (secondary N) is 1. The molecule has 0 aromatic heterocycles. The Morgan fingerprint density at radius 2 is 1.59 bits per heavy atom. The van der Waals surface area contributed by atoms with Crippen molar-refractivity contribution in [1.29, 1.82) is 0 Å². The molecule has 0 saturated carbocycles. The van der Waals surface area contributed by atoms with E-state index in [0.717, 1.165) is 16.7 Å². The van der Waals surface area contributed by atoms with E-state index in [9.17, 15) is 14.7 Å². The molecule has 2 aromatic carbocycles. The molecule has 2 N–H and O–H groups in total. The third-order valence-electron chi connectivity index (χ3n) is 5.72. The first-order chi connectivity index (χ1) is 15.8. The molecule has 34 heavy (non-hydrogen) atoms. The molecule has 1 heterocycles. The molecule has 7 nitrogen and oxygen atoms in total. The van der Waals surface area contributed by atoms with E-state index >= 15 is 0 Å². The lowest BCUT2D eigenvalue weighted by atomic mass is 9.78. The summed E-state index contributed by atoms with van der Waals surface area (Å²) < 4.78 is 15.9. The normalized spacial score (nSPS) is 14.0. The van der Waals surface area contributed by atoms with Gasteiger partial charge < -0.3 is 24.6 Å². The minimum atomic E-state index is -0.951. The summed E-state index contributed by atoms with van der Waals surface area (Å²) in [7, 11) is 0. The Bertz CT molecular complexity index is 1040. The van der Waals surface area contributed by atoms with Crippen molar-refractivity contribution in [3.63, 3.8) is 0 Å². The molecule has 0 aliphatic carbocycles. The van der Waals surface area contributed by atoms with E-state index < -0.39 is 18.0 Å². The third kappa shape index (κ3) is 6.01. The molecule has 3 rings (SSSR count). The van der Waals surface area contributed by atoms with Gasteiger partial charge >= 0.3 is 5.97 Å². The second-order valence-corrected chi connectivity index (χ2v) is 10.7. The summed E-state index contributed by atoms with van der Waals surface area (Å²) in [5.74, 6) is 0.592. The van der Waals surface area contributed by atoms with Gasteiger partial charge in [-0.1, -0.05) is 53.7 Å². The summed E-state index contributed by atoms with van der Waals surface area (Å²) >= 11 is 0. The van der Waals surface area contributed by atoms with E-state index in [0.29, 0.717) is 29.4 Å². The molecular formula is C27H35NO6. The lowest BCUT2D eigenvalue weighted by Gasteiger charge is -2.28. The minimum Gasteiger partial charge on any atom is -0.507 e. The topological polar surface area (TPSA) is 94.1 Å². The van der Waals surface area contributed by atoms with E-state index in [-0.39, 0.29) is 24.0 Å². The van der Waals surface area contributed by atoms with E-state index in [4.69, 9.17) is 14.2 Å². The Labute approximate surface area is 201 Å². The molecule has 2 aromatic rings. The Balaban J connectivity index is 1.62. The Morgan fingerprint density at radius 3 is 2.18 bits per heavy atom. The number of rotatable bonds is 6.